The van der Waals surface area contributed by atoms with E-state index in [0.717, 1.165) is 28.5 Å². The number of nitrogens with one attached hydrogen (secondary N) is 1. The standard InChI is InChI=1S/C11H16ClNOS/c1-13-11(5-6-15)9-4-3-8(14-2)7-10(9)12/h3-4,7,11,13,15H,5-6H2,1-2H3. The molecule has 1 atom stereocenters. The maximum atomic E-state index is 6.17. The number of hydrogen-bond acceptors (Lipinski definition) is 3. The van der Waals surface area contributed by atoms with E-state index in [2.05, 4.69) is 17.9 Å². The lowest BCUT2D eigenvalue weighted by Gasteiger charge is -2.17. The van der Waals surface area contributed by atoms with Crippen molar-refractivity contribution < 1.29 is 4.74 Å². The fourth-order valence-electron chi connectivity index (χ4n) is 1.50. The van der Waals surface area contributed by atoms with Gasteiger partial charge >= 0.3 is 0 Å². The molecule has 15 heavy (non-hydrogen) atoms. The molecule has 0 bridgehead atoms. The average Bonchev–Trinajstić information content (AvgIpc) is 2.26. The number of thiol groups is 1. The van der Waals surface area contributed by atoms with E-state index in [1.807, 2.05) is 25.2 Å². The van der Waals surface area contributed by atoms with Gasteiger partial charge in [-0.3, -0.25) is 0 Å². The average molecular weight is 246 g/mol. The first-order chi connectivity index (χ1) is 7.22. The van der Waals surface area contributed by atoms with E-state index < -0.39 is 0 Å². The number of methoxy groups -OCH3 is 1. The van der Waals surface area contributed by atoms with Crippen LogP contribution in [-0.4, -0.2) is 19.9 Å². The smallest absolute Gasteiger partial charge is 0.120 e. The van der Waals surface area contributed by atoms with Crippen LogP contribution in [0.2, 0.25) is 5.02 Å². The highest BCUT2D eigenvalue weighted by Gasteiger charge is 2.12. The zero-order chi connectivity index (χ0) is 11.3. The van der Waals surface area contributed by atoms with E-state index in [9.17, 15) is 0 Å². The molecule has 0 spiro atoms. The SMILES string of the molecule is CNC(CCS)c1ccc(OC)cc1Cl. The third-order valence-corrected chi connectivity index (χ3v) is 2.93. The van der Waals surface area contributed by atoms with E-state index in [-0.39, 0.29) is 6.04 Å². The maximum absolute atomic E-state index is 6.17. The van der Waals surface area contributed by atoms with Crippen molar-refractivity contribution in [3.8, 4) is 5.75 Å². The van der Waals surface area contributed by atoms with Gasteiger partial charge in [0.05, 0.1) is 7.11 Å². The van der Waals surface area contributed by atoms with E-state index in [1.54, 1.807) is 7.11 Å². The minimum absolute atomic E-state index is 0.251. The van der Waals surface area contributed by atoms with Crippen molar-refractivity contribution >= 4 is 24.2 Å². The van der Waals surface area contributed by atoms with E-state index >= 15 is 0 Å². The van der Waals surface area contributed by atoms with Crippen LogP contribution >= 0.6 is 24.2 Å². The molecule has 0 aliphatic rings. The van der Waals surface area contributed by atoms with Gasteiger partial charge in [-0.1, -0.05) is 17.7 Å². The molecule has 1 rings (SSSR count). The van der Waals surface area contributed by atoms with Gasteiger partial charge < -0.3 is 10.1 Å². The maximum Gasteiger partial charge on any atom is 0.120 e. The molecule has 0 heterocycles. The van der Waals surface area contributed by atoms with Gasteiger partial charge in [-0.2, -0.15) is 12.6 Å². The lowest BCUT2D eigenvalue weighted by molar-refractivity contribution is 0.414. The normalized spacial score (nSPS) is 12.5. The molecule has 4 heteroatoms. The summed E-state index contributed by atoms with van der Waals surface area (Å²) in [5.74, 6) is 1.61. The Labute approximate surface area is 101 Å². The second kappa shape index (κ2) is 6.26. The minimum atomic E-state index is 0.251. The Morgan fingerprint density at radius 2 is 2.27 bits per heavy atom. The molecule has 1 unspecified atom stereocenters. The first-order valence-electron chi connectivity index (χ1n) is 4.84. The van der Waals surface area contributed by atoms with Gasteiger partial charge in [-0.05, 0) is 36.9 Å². The van der Waals surface area contributed by atoms with E-state index in [1.165, 1.54) is 0 Å². The Kier molecular flexibility index (Phi) is 5.29. The molecule has 1 aromatic carbocycles. The topological polar surface area (TPSA) is 21.3 Å². The Hall–Kier alpha value is -0.380. The van der Waals surface area contributed by atoms with Gasteiger partial charge in [-0.15, -0.1) is 0 Å². The lowest BCUT2D eigenvalue weighted by atomic mass is 10.0. The van der Waals surface area contributed by atoms with Crippen molar-refractivity contribution in [3.63, 3.8) is 0 Å². The monoisotopic (exact) mass is 245 g/mol. The summed E-state index contributed by atoms with van der Waals surface area (Å²) in [5, 5.41) is 3.96. The molecule has 0 aliphatic carbocycles. The van der Waals surface area contributed by atoms with Crippen LogP contribution in [0.5, 0.6) is 5.75 Å². The molecule has 0 amide bonds. The number of rotatable bonds is 5. The van der Waals surface area contributed by atoms with Crippen LogP contribution in [0.25, 0.3) is 0 Å². The third kappa shape index (κ3) is 3.30. The van der Waals surface area contributed by atoms with Gasteiger partial charge in [0.25, 0.3) is 0 Å². The largest absolute Gasteiger partial charge is 0.497 e. The van der Waals surface area contributed by atoms with E-state index in [4.69, 9.17) is 16.3 Å². The van der Waals surface area contributed by atoms with Crippen molar-refractivity contribution in [2.75, 3.05) is 19.9 Å². The summed E-state index contributed by atoms with van der Waals surface area (Å²) >= 11 is 10.4. The fraction of sp³-hybridized carbons (Fsp3) is 0.455. The minimum Gasteiger partial charge on any atom is -0.497 e. The Bertz CT molecular complexity index is 319. The molecule has 1 N–H and O–H groups in total. The summed E-state index contributed by atoms with van der Waals surface area (Å²) in [5.41, 5.74) is 1.09. The Balaban J connectivity index is 2.92. The number of hydrogen-bond donors (Lipinski definition) is 2. The first kappa shape index (κ1) is 12.7. The van der Waals surface area contributed by atoms with Crippen LogP contribution in [-0.2, 0) is 0 Å². The van der Waals surface area contributed by atoms with Crippen molar-refractivity contribution in [2.45, 2.75) is 12.5 Å². The van der Waals surface area contributed by atoms with Gasteiger partial charge in [0.1, 0.15) is 5.75 Å². The molecular weight excluding hydrogens is 230 g/mol. The fourth-order valence-corrected chi connectivity index (χ4v) is 2.06. The summed E-state index contributed by atoms with van der Waals surface area (Å²) in [4.78, 5) is 0. The summed E-state index contributed by atoms with van der Waals surface area (Å²) in [6.07, 6.45) is 0.950. The van der Waals surface area contributed by atoms with E-state index in [0.29, 0.717) is 0 Å². The summed E-state index contributed by atoms with van der Waals surface area (Å²) in [6, 6.07) is 6.00. The predicted octanol–water partition coefficient (Wildman–Crippen LogP) is 2.93. The molecule has 0 saturated carbocycles. The molecule has 1 aromatic rings. The van der Waals surface area contributed by atoms with Crippen molar-refractivity contribution in [1.82, 2.24) is 5.32 Å². The lowest BCUT2D eigenvalue weighted by Crippen LogP contribution is -2.17. The molecule has 0 saturated heterocycles. The highest BCUT2D eigenvalue weighted by molar-refractivity contribution is 7.80. The zero-order valence-electron chi connectivity index (χ0n) is 8.96. The molecule has 0 radical (unpaired) electrons. The van der Waals surface area contributed by atoms with Crippen molar-refractivity contribution in [2.24, 2.45) is 0 Å². The van der Waals surface area contributed by atoms with Crippen molar-refractivity contribution in [3.05, 3.63) is 28.8 Å². The number of benzene rings is 1. The zero-order valence-corrected chi connectivity index (χ0v) is 10.6. The Morgan fingerprint density at radius 1 is 1.53 bits per heavy atom. The van der Waals surface area contributed by atoms with Gasteiger partial charge in [-0.25, -0.2) is 0 Å². The van der Waals surface area contributed by atoms with Crippen LogP contribution in [0.3, 0.4) is 0 Å². The molecule has 0 fully saturated rings. The Morgan fingerprint density at radius 3 is 2.73 bits per heavy atom. The quantitative estimate of drug-likeness (QED) is 0.779. The highest BCUT2D eigenvalue weighted by atomic mass is 35.5. The second-order valence-electron chi connectivity index (χ2n) is 3.24. The third-order valence-electron chi connectivity index (χ3n) is 2.35. The molecule has 84 valence electrons. The van der Waals surface area contributed by atoms with Crippen LogP contribution in [0.15, 0.2) is 18.2 Å². The molecular formula is C11H16ClNOS. The van der Waals surface area contributed by atoms with Gasteiger partial charge in [0.15, 0.2) is 0 Å². The summed E-state index contributed by atoms with van der Waals surface area (Å²) in [7, 11) is 3.56. The highest BCUT2D eigenvalue weighted by Crippen LogP contribution is 2.28. The first-order valence-corrected chi connectivity index (χ1v) is 5.85. The van der Waals surface area contributed by atoms with Crippen LogP contribution < -0.4 is 10.1 Å². The van der Waals surface area contributed by atoms with Crippen molar-refractivity contribution in [1.29, 1.82) is 0 Å². The molecule has 0 aromatic heterocycles. The summed E-state index contributed by atoms with van der Waals surface area (Å²) in [6.45, 7) is 0. The van der Waals surface area contributed by atoms with Crippen LogP contribution in [0.1, 0.15) is 18.0 Å². The van der Waals surface area contributed by atoms with Gasteiger partial charge in [0.2, 0.25) is 0 Å². The second-order valence-corrected chi connectivity index (χ2v) is 4.10. The predicted molar refractivity (Wildman–Crippen MR) is 68.3 cm³/mol. The molecule has 0 aliphatic heterocycles. The van der Waals surface area contributed by atoms with Gasteiger partial charge in [0, 0.05) is 11.1 Å². The summed E-state index contributed by atoms with van der Waals surface area (Å²) < 4.78 is 5.10. The number of ether oxygens (including phenoxy) is 1. The van der Waals surface area contributed by atoms with Crippen LogP contribution in [0, 0.1) is 0 Å². The molecule has 2 nitrogen and oxygen atoms in total. The van der Waals surface area contributed by atoms with Crippen LogP contribution in [0.4, 0.5) is 0 Å². The number of halogens is 1.